The van der Waals surface area contributed by atoms with Gasteiger partial charge in [-0.05, 0) is 110 Å². The maximum Gasteiger partial charge on any atom is 0.122 e. The minimum atomic E-state index is 0.721. The second-order valence-electron chi connectivity index (χ2n) is 11.9. The molecular weight excluding hydrogens is 440 g/mol. The second-order valence-corrected chi connectivity index (χ2v) is 11.9. The highest BCUT2D eigenvalue weighted by atomic mass is 16.5. The van der Waals surface area contributed by atoms with E-state index in [4.69, 9.17) is 9.47 Å². The van der Waals surface area contributed by atoms with Crippen LogP contribution >= 0.6 is 0 Å². The Bertz CT molecular complexity index is 932. The monoisotopic (exact) mass is 490 g/mol. The summed E-state index contributed by atoms with van der Waals surface area (Å²) in [4.78, 5) is 0. The third-order valence-electron chi connectivity index (χ3n) is 8.97. The van der Waals surface area contributed by atoms with Gasteiger partial charge in [0.1, 0.15) is 11.5 Å². The summed E-state index contributed by atoms with van der Waals surface area (Å²) >= 11 is 0. The van der Waals surface area contributed by atoms with Crippen molar-refractivity contribution in [3.8, 4) is 22.6 Å². The van der Waals surface area contributed by atoms with Gasteiger partial charge in [0.25, 0.3) is 0 Å². The molecule has 2 aliphatic carbocycles. The van der Waals surface area contributed by atoms with Gasteiger partial charge in [-0.15, -0.1) is 0 Å². The SMILES string of the molecule is CCCC1CCC(COc2ccc(-c3ccc(OCC4CCC(CCC)CC4)c(C)c3)c(C)c2)CC1. The standard InChI is InChI=1S/C34H50O2/c1-5-7-27-9-13-29(14-10-27)23-35-32-18-19-33(25(3)22-32)31-17-20-34(26(4)21-31)36-24-30-15-11-28(8-6-2)12-16-30/h17-22,27-30H,5-16,23-24H2,1-4H3. The quantitative estimate of drug-likeness (QED) is 0.312. The molecule has 2 fully saturated rings. The smallest absolute Gasteiger partial charge is 0.122 e. The lowest BCUT2D eigenvalue weighted by molar-refractivity contribution is 0.178. The van der Waals surface area contributed by atoms with E-state index in [0.29, 0.717) is 0 Å². The molecule has 2 aromatic rings. The lowest BCUT2D eigenvalue weighted by Crippen LogP contribution is -2.20. The molecule has 0 bridgehead atoms. The molecule has 0 amide bonds. The number of hydrogen-bond donors (Lipinski definition) is 0. The predicted octanol–water partition coefficient (Wildman–Crippen LogP) is 9.94. The predicted molar refractivity (Wildman–Crippen MR) is 153 cm³/mol. The maximum absolute atomic E-state index is 6.30. The summed E-state index contributed by atoms with van der Waals surface area (Å²) in [5, 5.41) is 0. The van der Waals surface area contributed by atoms with Gasteiger partial charge < -0.3 is 9.47 Å². The highest BCUT2D eigenvalue weighted by molar-refractivity contribution is 5.69. The van der Waals surface area contributed by atoms with Crippen LogP contribution in [0.4, 0.5) is 0 Å². The highest BCUT2D eigenvalue weighted by Crippen LogP contribution is 2.35. The topological polar surface area (TPSA) is 18.5 Å². The summed E-state index contributed by atoms with van der Waals surface area (Å²) in [6, 6.07) is 13.3. The van der Waals surface area contributed by atoms with Gasteiger partial charge in [0, 0.05) is 0 Å². The zero-order valence-corrected chi connectivity index (χ0v) is 23.5. The fourth-order valence-corrected chi connectivity index (χ4v) is 6.64. The zero-order valence-electron chi connectivity index (χ0n) is 23.5. The fraction of sp³-hybridized carbons (Fsp3) is 0.647. The van der Waals surface area contributed by atoms with Crippen LogP contribution in [0.1, 0.15) is 102 Å². The third kappa shape index (κ3) is 7.53. The van der Waals surface area contributed by atoms with Crippen LogP contribution in [0.2, 0.25) is 0 Å². The molecule has 2 aliphatic rings. The highest BCUT2D eigenvalue weighted by Gasteiger charge is 2.22. The van der Waals surface area contributed by atoms with E-state index in [1.165, 1.54) is 99.3 Å². The van der Waals surface area contributed by atoms with E-state index in [0.717, 1.165) is 48.4 Å². The first-order valence-electron chi connectivity index (χ1n) is 15.0. The first-order valence-corrected chi connectivity index (χ1v) is 15.0. The molecule has 0 radical (unpaired) electrons. The van der Waals surface area contributed by atoms with Gasteiger partial charge in [-0.25, -0.2) is 0 Å². The van der Waals surface area contributed by atoms with Crippen LogP contribution in [0.3, 0.4) is 0 Å². The summed E-state index contributed by atoms with van der Waals surface area (Å²) in [6.07, 6.45) is 16.3. The number of benzene rings is 2. The lowest BCUT2D eigenvalue weighted by Gasteiger charge is -2.28. The molecule has 0 N–H and O–H groups in total. The van der Waals surface area contributed by atoms with Crippen molar-refractivity contribution in [2.24, 2.45) is 23.7 Å². The Hall–Kier alpha value is -1.96. The number of rotatable bonds is 11. The molecule has 0 heterocycles. The second kappa shape index (κ2) is 13.5. The number of hydrogen-bond acceptors (Lipinski definition) is 2. The summed E-state index contributed by atoms with van der Waals surface area (Å²) in [6.45, 7) is 10.7. The Morgan fingerprint density at radius 1 is 0.611 bits per heavy atom. The van der Waals surface area contributed by atoms with E-state index >= 15 is 0 Å². The molecule has 2 aromatic carbocycles. The molecule has 2 saturated carbocycles. The van der Waals surface area contributed by atoms with Crippen molar-refractivity contribution in [2.45, 2.75) is 105 Å². The molecule has 0 atom stereocenters. The van der Waals surface area contributed by atoms with Gasteiger partial charge in [0.05, 0.1) is 13.2 Å². The van der Waals surface area contributed by atoms with Gasteiger partial charge in [0.2, 0.25) is 0 Å². The van der Waals surface area contributed by atoms with E-state index in [1.54, 1.807) is 0 Å². The average molecular weight is 491 g/mol. The number of ether oxygens (including phenoxy) is 2. The Labute approximate surface area is 221 Å². The Morgan fingerprint density at radius 2 is 1.17 bits per heavy atom. The van der Waals surface area contributed by atoms with Crippen LogP contribution in [0.15, 0.2) is 36.4 Å². The lowest BCUT2D eigenvalue weighted by atomic mass is 9.80. The van der Waals surface area contributed by atoms with Crippen LogP contribution in [0.5, 0.6) is 11.5 Å². The molecule has 2 heteroatoms. The van der Waals surface area contributed by atoms with Gasteiger partial charge in [-0.3, -0.25) is 0 Å². The van der Waals surface area contributed by atoms with E-state index in [9.17, 15) is 0 Å². The largest absolute Gasteiger partial charge is 0.493 e. The summed E-state index contributed by atoms with van der Waals surface area (Å²) in [7, 11) is 0. The first-order chi connectivity index (χ1) is 17.6. The van der Waals surface area contributed by atoms with Crippen molar-refractivity contribution >= 4 is 0 Å². The molecule has 0 aromatic heterocycles. The van der Waals surface area contributed by atoms with Crippen molar-refractivity contribution in [1.82, 2.24) is 0 Å². The van der Waals surface area contributed by atoms with Gasteiger partial charge in [0.15, 0.2) is 0 Å². The Balaban J connectivity index is 1.27. The minimum absolute atomic E-state index is 0.721. The summed E-state index contributed by atoms with van der Waals surface area (Å²) in [5.41, 5.74) is 5.05. The first kappa shape index (κ1) is 27.1. The van der Waals surface area contributed by atoms with Crippen LogP contribution in [0, 0.1) is 37.5 Å². The summed E-state index contributed by atoms with van der Waals surface area (Å²) < 4.78 is 12.5. The molecule has 198 valence electrons. The van der Waals surface area contributed by atoms with Crippen LogP contribution < -0.4 is 9.47 Å². The van der Waals surface area contributed by atoms with E-state index < -0.39 is 0 Å². The molecule has 0 saturated heterocycles. The van der Waals surface area contributed by atoms with Crippen molar-refractivity contribution in [3.05, 3.63) is 47.5 Å². The molecule has 2 nitrogen and oxygen atoms in total. The van der Waals surface area contributed by atoms with Gasteiger partial charge in [-0.2, -0.15) is 0 Å². The Morgan fingerprint density at radius 3 is 1.69 bits per heavy atom. The normalized spacial score (nSPS) is 24.4. The maximum atomic E-state index is 6.30. The molecule has 0 spiro atoms. The van der Waals surface area contributed by atoms with Crippen molar-refractivity contribution < 1.29 is 9.47 Å². The average Bonchev–Trinajstić information content (AvgIpc) is 2.89. The van der Waals surface area contributed by atoms with Gasteiger partial charge in [-0.1, -0.05) is 77.3 Å². The Kier molecular flexibility index (Phi) is 10.2. The van der Waals surface area contributed by atoms with Crippen LogP contribution in [-0.2, 0) is 0 Å². The fourth-order valence-electron chi connectivity index (χ4n) is 6.64. The minimum Gasteiger partial charge on any atom is -0.493 e. The summed E-state index contributed by atoms with van der Waals surface area (Å²) in [5.74, 6) is 5.41. The van der Waals surface area contributed by atoms with Crippen molar-refractivity contribution in [2.75, 3.05) is 13.2 Å². The molecule has 0 unspecified atom stereocenters. The number of aryl methyl sites for hydroxylation is 2. The molecule has 0 aliphatic heterocycles. The van der Waals surface area contributed by atoms with Crippen molar-refractivity contribution in [1.29, 1.82) is 0 Å². The zero-order chi connectivity index (χ0) is 25.3. The van der Waals surface area contributed by atoms with E-state index in [2.05, 4.69) is 64.1 Å². The molecule has 36 heavy (non-hydrogen) atoms. The van der Waals surface area contributed by atoms with Crippen molar-refractivity contribution in [3.63, 3.8) is 0 Å². The van der Waals surface area contributed by atoms with Crippen LogP contribution in [-0.4, -0.2) is 13.2 Å². The van der Waals surface area contributed by atoms with Crippen LogP contribution in [0.25, 0.3) is 11.1 Å². The van der Waals surface area contributed by atoms with Gasteiger partial charge >= 0.3 is 0 Å². The third-order valence-corrected chi connectivity index (χ3v) is 8.97. The van der Waals surface area contributed by atoms with E-state index in [1.807, 2.05) is 0 Å². The molecular formula is C34H50O2. The van der Waals surface area contributed by atoms with E-state index in [-0.39, 0.29) is 0 Å². The molecule has 4 rings (SSSR count).